The monoisotopic (exact) mass is 261 g/mol. The molecule has 0 aromatic rings. The molecule has 0 rings (SSSR count). The summed E-state index contributed by atoms with van der Waals surface area (Å²) in [4.78, 5) is 22.3. The molecule has 0 spiro atoms. The third kappa shape index (κ3) is 4.62. The van der Waals surface area contributed by atoms with Gasteiger partial charge in [-0.3, -0.25) is 9.59 Å². The molecule has 18 heavy (non-hydrogen) atoms. The van der Waals surface area contributed by atoms with Crippen LogP contribution in [0.15, 0.2) is 0 Å². The Bertz CT molecular complexity index is 303. The quantitative estimate of drug-likeness (QED) is 0.575. The molecule has 106 valence electrons. The zero-order chi connectivity index (χ0) is 14.5. The third-order valence-corrected chi connectivity index (χ3v) is 2.62. The Hall–Kier alpha value is -1.14. The number of hydrogen-bond donors (Lipinski definition) is 3. The predicted molar refractivity (Wildman–Crippen MR) is 65.4 cm³/mol. The van der Waals surface area contributed by atoms with Crippen LogP contribution in [0.5, 0.6) is 0 Å². The van der Waals surface area contributed by atoms with E-state index in [1.807, 2.05) is 13.8 Å². The average molecular weight is 261 g/mol. The lowest BCUT2D eigenvalue weighted by Crippen LogP contribution is -2.56. The molecule has 0 aromatic carbocycles. The van der Waals surface area contributed by atoms with Gasteiger partial charge in [0.15, 0.2) is 5.54 Å². The highest BCUT2D eigenvalue weighted by Crippen LogP contribution is 2.28. The van der Waals surface area contributed by atoms with Crippen molar-refractivity contribution >= 4 is 11.9 Å². The van der Waals surface area contributed by atoms with Crippen LogP contribution in [0, 0.1) is 11.8 Å². The number of nitrogens with zero attached hydrogens (tertiary/aromatic N) is 1. The number of aliphatic carboxylic acids is 2. The van der Waals surface area contributed by atoms with Gasteiger partial charge < -0.3 is 15.4 Å². The van der Waals surface area contributed by atoms with E-state index in [0.717, 1.165) is 0 Å². The normalized spacial score (nSPS) is 15.1. The van der Waals surface area contributed by atoms with Crippen molar-refractivity contribution in [2.45, 2.75) is 46.1 Å². The maximum atomic E-state index is 11.5. The first-order valence-electron chi connectivity index (χ1n) is 6.03. The van der Waals surface area contributed by atoms with Crippen LogP contribution >= 0.6 is 0 Å². The van der Waals surface area contributed by atoms with Crippen LogP contribution in [-0.4, -0.2) is 44.5 Å². The molecular formula is C12H23NO5. The van der Waals surface area contributed by atoms with Crippen LogP contribution in [0.1, 0.15) is 40.5 Å². The SMILES string of the molecule is CC(C)CN(O)[C@](CC(=O)O)(CC(C)C)C(=O)O. The Kier molecular flexibility index (Phi) is 6.28. The smallest absolute Gasteiger partial charge is 0.327 e. The molecule has 0 heterocycles. The first-order valence-corrected chi connectivity index (χ1v) is 6.03. The summed E-state index contributed by atoms with van der Waals surface area (Å²) >= 11 is 0. The van der Waals surface area contributed by atoms with Gasteiger partial charge >= 0.3 is 11.9 Å². The lowest BCUT2D eigenvalue weighted by Gasteiger charge is -2.37. The Morgan fingerprint density at radius 2 is 1.61 bits per heavy atom. The summed E-state index contributed by atoms with van der Waals surface area (Å²) < 4.78 is 0. The van der Waals surface area contributed by atoms with Crippen molar-refractivity contribution in [1.29, 1.82) is 0 Å². The van der Waals surface area contributed by atoms with Crippen LogP contribution in [-0.2, 0) is 9.59 Å². The molecule has 0 saturated carbocycles. The second-order valence-electron chi connectivity index (χ2n) is 5.48. The third-order valence-electron chi connectivity index (χ3n) is 2.62. The van der Waals surface area contributed by atoms with Crippen molar-refractivity contribution in [2.24, 2.45) is 11.8 Å². The molecular weight excluding hydrogens is 238 g/mol. The number of carboxylic acid groups (broad SMARTS) is 2. The van der Waals surface area contributed by atoms with Crippen LogP contribution in [0.2, 0.25) is 0 Å². The summed E-state index contributed by atoms with van der Waals surface area (Å²) in [5.74, 6) is -2.54. The molecule has 1 atom stereocenters. The first kappa shape index (κ1) is 16.9. The van der Waals surface area contributed by atoms with Crippen LogP contribution in [0.4, 0.5) is 0 Å². The molecule has 6 nitrogen and oxygen atoms in total. The number of rotatable bonds is 8. The fourth-order valence-corrected chi connectivity index (χ4v) is 1.99. The largest absolute Gasteiger partial charge is 0.481 e. The van der Waals surface area contributed by atoms with Gasteiger partial charge in [-0.05, 0) is 18.3 Å². The minimum Gasteiger partial charge on any atom is -0.481 e. The van der Waals surface area contributed by atoms with Crippen LogP contribution < -0.4 is 0 Å². The summed E-state index contributed by atoms with van der Waals surface area (Å²) in [6, 6.07) is 0. The van der Waals surface area contributed by atoms with Gasteiger partial charge in [-0.25, -0.2) is 0 Å². The van der Waals surface area contributed by atoms with E-state index in [4.69, 9.17) is 5.11 Å². The van der Waals surface area contributed by atoms with Crippen molar-refractivity contribution in [3.05, 3.63) is 0 Å². The second-order valence-corrected chi connectivity index (χ2v) is 5.48. The molecule has 0 unspecified atom stereocenters. The molecule has 0 aromatic heterocycles. The molecule has 0 amide bonds. The van der Waals surface area contributed by atoms with Gasteiger partial charge in [0, 0.05) is 6.54 Å². The van der Waals surface area contributed by atoms with Gasteiger partial charge in [-0.15, -0.1) is 0 Å². The number of carbonyl (C=O) groups is 2. The molecule has 6 heteroatoms. The number of hydrogen-bond acceptors (Lipinski definition) is 4. The van der Waals surface area contributed by atoms with Gasteiger partial charge in [-0.1, -0.05) is 27.7 Å². The van der Waals surface area contributed by atoms with E-state index in [1.54, 1.807) is 13.8 Å². The van der Waals surface area contributed by atoms with Gasteiger partial charge in [0.05, 0.1) is 6.42 Å². The molecule has 0 saturated heterocycles. The Morgan fingerprint density at radius 1 is 1.11 bits per heavy atom. The van der Waals surface area contributed by atoms with Crippen molar-refractivity contribution in [3.8, 4) is 0 Å². The van der Waals surface area contributed by atoms with Crippen molar-refractivity contribution < 1.29 is 25.0 Å². The van der Waals surface area contributed by atoms with Gasteiger partial charge in [0.1, 0.15) is 0 Å². The standard InChI is InChI=1S/C12H23NO5/c1-8(2)5-12(11(16)17,6-10(14)15)13(18)7-9(3)4/h8-9,18H,5-7H2,1-4H3,(H,14,15)(H,16,17)/t12-/m0/s1. The van der Waals surface area contributed by atoms with E-state index < -0.39 is 23.9 Å². The van der Waals surface area contributed by atoms with Crippen LogP contribution in [0.3, 0.4) is 0 Å². The number of hydroxylamine groups is 2. The summed E-state index contributed by atoms with van der Waals surface area (Å²) in [5, 5.41) is 28.9. The van der Waals surface area contributed by atoms with Gasteiger partial charge in [0.2, 0.25) is 0 Å². The highest BCUT2D eigenvalue weighted by molar-refractivity contribution is 5.84. The molecule has 3 N–H and O–H groups in total. The molecule has 0 aliphatic heterocycles. The van der Waals surface area contributed by atoms with E-state index in [9.17, 15) is 19.9 Å². The fraction of sp³-hybridized carbons (Fsp3) is 0.833. The zero-order valence-corrected chi connectivity index (χ0v) is 11.4. The van der Waals surface area contributed by atoms with Crippen molar-refractivity contribution in [3.63, 3.8) is 0 Å². The lowest BCUT2D eigenvalue weighted by molar-refractivity contribution is -0.209. The highest BCUT2D eigenvalue weighted by atomic mass is 16.5. The zero-order valence-electron chi connectivity index (χ0n) is 11.4. The van der Waals surface area contributed by atoms with Gasteiger partial charge in [0.25, 0.3) is 0 Å². The van der Waals surface area contributed by atoms with Gasteiger partial charge in [-0.2, -0.15) is 5.06 Å². The fourth-order valence-electron chi connectivity index (χ4n) is 1.99. The Balaban J connectivity index is 5.29. The minimum absolute atomic E-state index is 0.0367. The Labute approximate surface area is 107 Å². The average Bonchev–Trinajstić information content (AvgIpc) is 2.13. The van der Waals surface area contributed by atoms with E-state index >= 15 is 0 Å². The molecule has 0 aliphatic rings. The van der Waals surface area contributed by atoms with Crippen LogP contribution in [0.25, 0.3) is 0 Å². The minimum atomic E-state index is -1.76. The lowest BCUT2D eigenvalue weighted by atomic mass is 9.85. The summed E-state index contributed by atoms with van der Waals surface area (Å²) in [6.07, 6.45) is -0.540. The molecule has 0 aliphatic carbocycles. The van der Waals surface area contributed by atoms with E-state index in [0.29, 0.717) is 5.06 Å². The van der Waals surface area contributed by atoms with Crippen molar-refractivity contribution in [1.82, 2.24) is 5.06 Å². The second kappa shape index (κ2) is 6.70. The molecule has 0 fully saturated rings. The maximum Gasteiger partial charge on any atom is 0.327 e. The number of carboxylic acids is 2. The molecule has 0 bridgehead atoms. The molecule has 0 radical (unpaired) electrons. The predicted octanol–water partition coefficient (Wildman–Crippen LogP) is 1.68. The topological polar surface area (TPSA) is 98.1 Å². The summed E-state index contributed by atoms with van der Waals surface area (Å²) in [5.41, 5.74) is -1.76. The van der Waals surface area contributed by atoms with E-state index in [2.05, 4.69) is 0 Å². The Morgan fingerprint density at radius 3 is 1.89 bits per heavy atom. The van der Waals surface area contributed by atoms with E-state index in [1.165, 1.54) is 0 Å². The summed E-state index contributed by atoms with van der Waals surface area (Å²) in [7, 11) is 0. The van der Waals surface area contributed by atoms with Crippen molar-refractivity contribution in [2.75, 3.05) is 6.54 Å². The van der Waals surface area contributed by atoms with E-state index in [-0.39, 0.29) is 24.8 Å². The first-order chi connectivity index (χ1) is 8.11. The summed E-state index contributed by atoms with van der Waals surface area (Å²) in [6.45, 7) is 7.36. The maximum absolute atomic E-state index is 11.5. The highest BCUT2D eigenvalue weighted by Gasteiger charge is 2.46.